The van der Waals surface area contributed by atoms with Gasteiger partial charge in [-0.1, -0.05) is 0 Å². The minimum atomic E-state index is -3.71. The van der Waals surface area contributed by atoms with Gasteiger partial charge in [0.05, 0.1) is 13.5 Å². The summed E-state index contributed by atoms with van der Waals surface area (Å²) in [6, 6.07) is 0. The maximum Gasteiger partial charge on any atom is 0.407 e. The molecule has 0 saturated heterocycles. The molecule has 9 nitrogen and oxygen atoms in total. The maximum atomic E-state index is 11.8. The van der Waals surface area contributed by atoms with Crippen molar-refractivity contribution in [3.05, 3.63) is 0 Å². The first kappa shape index (κ1) is 20.6. The first-order valence-electron chi connectivity index (χ1n) is 6.72. The van der Waals surface area contributed by atoms with Gasteiger partial charge in [0, 0.05) is 26.7 Å². The number of carbonyl (C=O) groups excluding carboxylic acids is 2. The summed E-state index contributed by atoms with van der Waals surface area (Å²) in [5.41, 5.74) is -0.613. The molecule has 0 saturated carbocycles. The normalized spacial score (nSPS) is 12.1. The quantitative estimate of drug-likeness (QED) is 0.469. The fourth-order valence-electron chi connectivity index (χ4n) is 1.24. The molecule has 0 radical (unpaired) electrons. The third-order valence-corrected chi connectivity index (χ3v) is 3.92. The molecule has 0 aromatic carbocycles. The molecule has 0 fully saturated rings. The summed E-state index contributed by atoms with van der Waals surface area (Å²) >= 11 is 0. The minimum Gasteiger partial charge on any atom is -0.469 e. The number of rotatable bonds is 8. The molecule has 0 spiro atoms. The van der Waals surface area contributed by atoms with E-state index in [2.05, 4.69) is 14.8 Å². The highest BCUT2D eigenvalue weighted by Gasteiger charge is 2.19. The average Bonchev–Trinajstić information content (AvgIpc) is 2.38. The molecular weight excluding hydrogens is 314 g/mol. The van der Waals surface area contributed by atoms with Crippen LogP contribution in [0.25, 0.3) is 0 Å². The van der Waals surface area contributed by atoms with Gasteiger partial charge in [0.1, 0.15) is 5.60 Å². The number of esters is 1. The molecule has 0 atom stereocenters. The van der Waals surface area contributed by atoms with Crippen LogP contribution in [0.1, 0.15) is 27.2 Å². The largest absolute Gasteiger partial charge is 0.469 e. The molecule has 0 aliphatic carbocycles. The van der Waals surface area contributed by atoms with E-state index < -0.39 is 27.9 Å². The van der Waals surface area contributed by atoms with Gasteiger partial charge in [-0.3, -0.25) is 4.79 Å². The number of amides is 1. The van der Waals surface area contributed by atoms with E-state index in [0.29, 0.717) is 0 Å². The lowest BCUT2D eigenvalue weighted by molar-refractivity contribution is -0.140. The zero-order valence-electron chi connectivity index (χ0n) is 13.6. The zero-order valence-corrected chi connectivity index (χ0v) is 14.4. The van der Waals surface area contributed by atoms with E-state index >= 15 is 0 Å². The molecule has 0 unspecified atom stereocenters. The Morgan fingerprint density at radius 1 is 1.18 bits per heavy atom. The van der Waals surface area contributed by atoms with Gasteiger partial charge in [0.25, 0.3) is 10.2 Å². The molecular formula is C12H25N3O6S. The maximum absolute atomic E-state index is 11.8. The van der Waals surface area contributed by atoms with E-state index in [1.165, 1.54) is 14.2 Å². The standard InChI is InChI=1S/C12H25N3O6S/c1-12(2,3)21-11(17)13-7-8-14-22(18,19)15(4)9-6-10(16)20-5/h14H,6-9H2,1-5H3,(H,13,17). The number of hydrogen-bond acceptors (Lipinski definition) is 6. The molecule has 130 valence electrons. The van der Waals surface area contributed by atoms with Crippen LogP contribution in [-0.2, 0) is 24.5 Å². The molecule has 0 aromatic heterocycles. The summed E-state index contributed by atoms with van der Waals surface area (Å²) < 4.78 is 36.4. The van der Waals surface area contributed by atoms with Crippen LogP contribution in [0.3, 0.4) is 0 Å². The number of nitrogens with zero attached hydrogens (tertiary/aromatic N) is 1. The van der Waals surface area contributed by atoms with Gasteiger partial charge in [0.15, 0.2) is 0 Å². The average molecular weight is 339 g/mol. The first-order chi connectivity index (χ1) is 9.98. The monoisotopic (exact) mass is 339 g/mol. The molecule has 0 bridgehead atoms. The molecule has 2 N–H and O–H groups in total. The molecule has 1 amide bonds. The van der Waals surface area contributed by atoms with Crippen molar-refractivity contribution in [3.63, 3.8) is 0 Å². The highest BCUT2D eigenvalue weighted by atomic mass is 32.2. The second-order valence-corrected chi connectivity index (χ2v) is 7.34. The van der Waals surface area contributed by atoms with Gasteiger partial charge in [0.2, 0.25) is 0 Å². The van der Waals surface area contributed by atoms with Crippen LogP contribution in [0.2, 0.25) is 0 Å². The van der Waals surface area contributed by atoms with Crippen LogP contribution < -0.4 is 10.0 Å². The predicted molar refractivity (Wildman–Crippen MR) is 80.4 cm³/mol. The Bertz CT molecular complexity index is 472. The van der Waals surface area contributed by atoms with Crippen LogP contribution in [-0.4, -0.2) is 64.2 Å². The number of methoxy groups -OCH3 is 1. The van der Waals surface area contributed by atoms with Crippen molar-refractivity contribution < 1.29 is 27.5 Å². The summed E-state index contributed by atoms with van der Waals surface area (Å²) in [5, 5.41) is 2.43. The second-order valence-electron chi connectivity index (χ2n) is 5.48. The second kappa shape index (κ2) is 8.91. The third kappa shape index (κ3) is 9.53. The lowest BCUT2D eigenvalue weighted by Gasteiger charge is -2.20. The Morgan fingerprint density at radius 3 is 2.27 bits per heavy atom. The number of carbonyl (C=O) groups is 2. The SMILES string of the molecule is COC(=O)CCN(C)S(=O)(=O)NCCNC(=O)OC(C)(C)C. The van der Waals surface area contributed by atoms with Crippen molar-refractivity contribution in [2.45, 2.75) is 32.8 Å². The number of alkyl carbamates (subject to hydrolysis) is 1. The van der Waals surface area contributed by atoms with Crippen LogP contribution in [0.4, 0.5) is 4.79 Å². The van der Waals surface area contributed by atoms with Crippen molar-refractivity contribution in [1.82, 2.24) is 14.3 Å². The van der Waals surface area contributed by atoms with Crippen LogP contribution in [0.15, 0.2) is 0 Å². The van der Waals surface area contributed by atoms with Crippen LogP contribution in [0, 0.1) is 0 Å². The van der Waals surface area contributed by atoms with Gasteiger partial charge >= 0.3 is 12.1 Å². The van der Waals surface area contributed by atoms with Crippen molar-refractivity contribution in [2.24, 2.45) is 0 Å². The van der Waals surface area contributed by atoms with Gasteiger partial charge in [-0.05, 0) is 20.8 Å². The summed E-state index contributed by atoms with van der Waals surface area (Å²) in [6.45, 7) is 5.27. The summed E-state index contributed by atoms with van der Waals surface area (Å²) in [7, 11) is -1.14. The fourth-order valence-corrected chi connectivity index (χ4v) is 2.15. The molecule has 22 heavy (non-hydrogen) atoms. The Kier molecular flexibility index (Phi) is 8.35. The van der Waals surface area contributed by atoms with Gasteiger partial charge in [-0.2, -0.15) is 12.7 Å². The molecule has 0 aliphatic rings. The summed E-state index contributed by atoms with van der Waals surface area (Å²) in [4.78, 5) is 22.3. The molecule has 10 heteroatoms. The lowest BCUT2D eigenvalue weighted by atomic mass is 10.2. The summed E-state index contributed by atoms with van der Waals surface area (Å²) in [6.07, 6.45) is -0.657. The predicted octanol–water partition coefficient (Wildman–Crippen LogP) is -0.160. The van der Waals surface area contributed by atoms with E-state index in [1.54, 1.807) is 20.8 Å². The highest BCUT2D eigenvalue weighted by Crippen LogP contribution is 2.06. The number of ether oxygens (including phenoxy) is 2. The van der Waals surface area contributed by atoms with Gasteiger partial charge < -0.3 is 14.8 Å². The minimum absolute atomic E-state index is 0.00149. The van der Waals surface area contributed by atoms with Crippen LogP contribution in [0.5, 0.6) is 0 Å². The fraction of sp³-hybridized carbons (Fsp3) is 0.833. The van der Waals surface area contributed by atoms with Crippen molar-refractivity contribution >= 4 is 22.3 Å². The summed E-state index contributed by atoms with van der Waals surface area (Å²) in [5.74, 6) is -0.492. The Labute approximate surface area is 131 Å². The van der Waals surface area contributed by atoms with E-state index in [9.17, 15) is 18.0 Å². The molecule has 0 aliphatic heterocycles. The first-order valence-corrected chi connectivity index (χ1v) is 8.16. The third-order valence-electron chi connectivity index (χ3n) is 2.35. The molecule has 0 rings (SSSR count). The van der Waals surface area contributed by atoms with Gasteiger partial charge in [-0.15, -0.1) is 0 Å². The van der Waals surface area contributed by atoms with Crippen molar-refractivity contribution in [1.29, 1.82) is 0 Å². The van der Waals surface area contributed by atoms with Gasteiger partial charge in [-0.25, -0.2) is 9.52 Å². The highest BCUT2D eigenvalue weighted by molar-refractivity contribution is 7.87. The van der Waals surface area contributed by atoms with E-state index in [-0.39, 0.29) is 26.1 Å². The van der Waals surface area contributed by atoms with E-state index in [1.807, 2.05) is 0 Å². The Morgan fingerprint density at radius 2 is 1.77 bits per heavy atom. The number of hydrogen-bond donors (Lipinski definition) is 2. The number of nitrogens with one attached hydrogen (secondary N) is 2. The van der Waals surface area contributed by atoms with Crippen LogP contribution >= 0.6 is 0 Å². The Hall–Kier alpha value is -1.39. The van der Waals surface area contributed by atoms with Crippen molar-refractivity contribution in [3.8, 4) is 0 Å². The van der Waals surface area contributed by atoms with E-state index in [0.717, 1.165) is 4.31 Å². The zero-order chi connectivity index (χ0) is 17.4. The lowest BCUT2D eigenvalue weighted by Crippen LogP contribution is -2.43. The Balaban J connectivity index is 4.07. The smallest absolute Gasteiger partial charge is 0.407 e. The van der Waals surface area contributed by atoms with E-state index in [4.69, 9.17) is 4.74 Å². The topological polar surface area (TPSA) is 114 Å². The molecule has 0 aromatic rings. The van der Waals surface area contributed by atoms with Crippen molar-refractivity contribution in [2.75, 3.05) is 33.8 Å². The molecule has 0 heterocycles.